The van der Waals surface area contributed by atoms with Crippen molar-refractivity contribution in [3.8, 4) is 5.75 Å². The summed E-state index contributed by atoms with van der Waals surface area (Å²) >= 11 is 0. The van der Waals surface area contributed by atoms with Gasteiger partial charge in [-0.3, -0.25) is 0 Å². The second-order valence-electron chi connectivity index (χ2n) is 7.23. The third-order valence-corrected chi connectivity index (χ3v) is 7.18. The number of aromatic nitrogens is 2. The molecule has 1 aromatic heterocycles. The zero-order valence-electron chi connectivity index (χ0n) is 16.2. The molecule has 2 heterocycles. The van der Waals surface area contributed by atoms with Crippen molar-refractivity contribution in [1.82, 2.24) is 14.3 Å². The molecule has 0 radical (unpaired) electrons. The zero-order chi connectivity index (χ0) is 19.7. The van der Waals surface area contributed by atoms with Gasteiger partial charge in [-0.1, -0.05) is 6.07 Å². The lowest BCUT2D eigenvalue weighted by atomic mass is 9.97. The Labute approximate surface area is 165 Å². The second-order valence-corrected chi connectivity index (χ2v) is 9.16. The molecule has 1 saturated heterocycles. The van der Waals surface area contributed by atoms with E-state index in [9.17, 15) is 8.42 Å². The predicted octanol–water partition coefficient (Wildman–Crippen LogP) is 3.84. The summed E-state index contributed by atoms with van der Waals surface area (Å²) in [6.45, 7) is 5.51. The number of sulfonamides is 1. The minimum absolute atomic E-state index is 0.250. The van der Waals surface area contributed by atoms with Crippen molar-refractivity contribution in [3.05, 3.63) is 53.9 Å². The summed E-state index contributed by atoms with van der Waals surface area (Å²) in [5, 5.41) is 0. The van der Waals surface area contributed by atoms with Gasteiger partial charge >= 0.3 is 0 Å². The first-order chi connectivity index (χ1) is 13.5. The topological polar surface area (TPSA) is 75.3 Å². The number of fused-ring (bicyclic) bond motifs is 1. The molecular weight excluding hydrogens is 374 g/mol. The van der Waals surface area contributed by atoms with Crippen molar-refractivity contribution in [2.75, 3.05) is 19.7 Å². The molecule has 0 atom stereocenters. The van der Waals surface area contributed by atoms with Crippen molar-refractivity contribution in [2.45, 2.75) is 37.5 Å². The highest BCUT2D eigenvalue weighted by Crippen LogP contribution is 2.31. The van der Waals surface area contributed by atoms with Crippen LogP contribution in [-0.4, -0.2) is 42.4 Å². The first kappa shape index (κ1) is 19.0. The average molecular weight is 400 g/mol. The van der Waals surface area contributed by atoms with E-state index in [4.69, 9.17) is 9.72 Å². The van der Waals surface area contributed by atoms with E-state index in [0.29, 0.717) is 30.3 Å². The van der Waals surface area contributed by atoms with Crippen LogP contribution in [0, 0.1) is 6.92 Å². The van der Waals surface area contributed by atoms with Gasteiger partial charge in [0.1, 0.15) is 11.6 Å². The number of imidazole rings is 1. The van der Waals surface area contributed by atoms with E-state index in [-0.39, 0.29) is 5.92 Å². The molecule has 0 aliphatic carbocycles. The lowest BCUT2D eigenvalue weighted by Gasteiger charge is -2.30. The zero-order valence-corrected chi connectivity index (χ0v) is 17.0. The minimum Gasteiger partial charge on any atom is -0.494 e. The van der Waals surface area contributed by atoms with Crippen molar-refractivity contribution in [2.24, 2.45) is 0 Å². The first-order valence-corrected chi connectivity index (χ1v) is 11.1. The van der Waals surface area contributed by atoms with Crippen LogP contribution in [0.3, 0.4) is 0 Å². The maximum Gasteiger partial charge on any atom is 0.243 e. The highest BCUT2D eigenvalue weighted by Gasteiger charge is 2.31. The van der Waals surface area contributed by atoms with E-state index in [1.165, 1.54) is 5.56 Å². The summed E-state index contributed by atoms with van der Waals surface area (Å²) < 4.78 is 32.9. The second kappa shape index (κ2) is 7.56. The van der Waals surface area contributed by atoms with Crippen LogP contribution in [0.1, 0.15) is 37.1 Å². The summed E-state index contributed by atoms with van der Waals surface area (Å²) in [5.74, 6) is 1.89. The Hall–Kier alpha value is -2.38. The third kappa shape index (κ3) is 3.64. The molecule has 0 spiro atoms. The lowest BCUT2D eigenvalue weighted by molar-refractivity contribution is 0.314. The molecule has 3 aromatic rings. The number of nitrogens with zero attached hydrogens (tertiary/aromatic N) is 2. The summed E-state index contributed by atoms with van der Waals surface area (Å²) in [6, 6.07) is 12.8. The van der Waals surface area contributed by atoms with Gasteiger partial charge in [-0.15, -0.1) is 0 Å². The summed E-state index contributed by atoms with van der Waals surface area (Å²) in [5.41, 5.74) is 3.20. The lowest BCUT2D eigenvalue weighted by Crippen LogP contribution is -2.38. The van der Waals surface area contributed by atoms with E-state index >= 15 is 0 Å². The quantitative estimate of drug-likeness (QED) is 0.707. The number of ether oxygens (including phenoxy) is 1. The van der Waals surface area contributed by atoms with Crippen LogP contribution >= 0.6 is 0 Å². The first-order valence-electron chi connectivity index (χ1n) is 9.66. The van der Waals surface area contributed by atoms with Crippen LogP contribution in [0.5, 0.6) is 5.75 Å². The summed E-state index contributed by atoms with van der Waals surface area (Å²) in [4.78, 5) is 8.44. The van der Waals surface area contributed by atoms with Gasteiger partial charge in [0, 0.05) is 19.0 Å². The average Bonchev–Trinajstić information content (AvgIpc) is 3.12. The van der Waals surface area contributed by atoms with Crippen molar-refractivity contribution in [1.29, 1.82) is 0 Å². The van der Waals surface area contributed by atoms with E-state index in [1.54, 1.807) is 28.6 Å². The van der Waals surface area contributed by atoms with Gasteiger partial charge in [0.05, 0.1) is 22.5 Å². The molecule has 0 amide bonds. The van der Waals surface area contributed by atoms with Crippen LogP contribution < -0.4 is 4.74 Å². The molecule has 0 bridgehead atoms. The van der Waals surface area contributed by atoms with Gasteiger partial charge in [0.15, 0.2) is 0 Å². The number of piperidine rings is 1. The van der Waals surface area contributed by atoms with E-state index in [2.05, 4.69) is 24.0 Å². The number of hydrogen-bond acceptors (Lipinski definition) is 4. The number of H-pyrrole nitrogens is 1. The minimum atomic E-state index is -3.48. The van der Waals surface area contributed by atoms with Gasteiger partial charge in [-0.25, -0.2) is 13.4 Å². The highest BCUT2D eigenvalue weighted by atomic mass is 32.2. The maximum absolute atomic E-state index is 12.9. The van der Waals surface area contributed by atoms with Crippen LogP contribution in [0.2, 0.25) is 0 Å². The Morgan fingerprint density at radius 1 is 1.14 bits per heavy atom. The number of rotatable bonds is 5. The number of nitrogens with one attached hydrogen (secondary N) is 1. The summed E-state index contributed by atoms with van der Waals surface area (Å²) in [7, 11) is -3.48. The van der Waals surface area contributed by atoms with Gasteiger partial charge < -0.3 is 9.72 Å². The van der Waals surface area contributed by atoms with Gasteiger partial charge in [-0.2, -0.15) is 4.31 Å². The fraction of sp³-hybridized carbons (Fsp3) is 0.381. The normalized spacial score (nSPS) is 16.5. The van der Waals surface area contributed by atoms with E-state index in [0.717, 1.165) is 29.7 Å². The third-order valence-electron chi connectivity index (χ3n) is 5.27. The largest absolute Gasteiger partial charge is 0.494 e. The van der Waals surface area contributed by atoms with Crippen LogP contribution in [0.4, 0.5) is 0 Å². The smallest absolute Gasteiger partial charge is 0.243 e. The SMILES string of the molecule is CCOc1ccc(S(=O)(=O)N2CCC(c3nc4ccc(C)cc4[nH]3)CC2)cc1. The molecular formula is C21H25N3O3S. The van der Waals surface area contributed by atoms with Gasteiger partial charge in [0.2, 0.25) is 10.0 Å². The van der Waals surface area contributed by atoms with Crippen molar-refractivity contribution < 1.29 is 13.2 Å². The number of aromatic amines is 1. The summed E-state index contributed by atoms with van der Waals surface area (Å²) in [6.07, 6.45) is 1.52. The molecule has 0 unspecified atom stereocenters. The predicted molar refractivity (Wildman–Crippen MR) is 109 cm³/mol. The molecule has 0 saturated carbocycles. The number of aryl methyl sites for hydroxylation is 1. The Bertz CT molecular complexity index is 1070. The maximum atomic E-state index is 12.9. The van der Waals surface area contributed by atoms with Crippen LogP contribution in [-0.2, 0) is 10.0 Å². The highest BCUT2D eigenvalue weighted by molar-refractivity contribution is 7.89. The van der Waals surface area contributed by atoms with Crippen LogP contribution in [0.25, 0.3) is 11.0 Å². The molecule has 1 N–H and O–H groups in total. The monoisotopic (exact) mass is 399 g/mol. The van der Waals surface area contributed by atoms with Crippen LogP contribution in [0.15, 0.2) is 47.4 Å². The van der Waals surface area contributed by atoms with Crippen molar-refractivity contribution in [3.63, 3.8) is 0 Å². The Morgan fingerprint density at radius 3 is 2.54 bits per heavy atom. The van der Waals surface area contributed by atoms with Gasteiger partial charge in [0.25, 0.3) is 0 Å². The molecule has 1 aliphatic heterocycles. The van der Waals surface area contributed by atoms with Gasteiger partial charge in [-0.05, 0) is 68.7 Å². The van der Waals surface area contributed by atoms with Crippen molar-refractivity contribution >= 4 is 21.1 Å². The molecule has 7 heteroatoms. The molecule has 28 heavy (non-hydrogen) atoms. The number of hydrogen-bond donors (Lipinski definition) is 1. The molecule has 6 nitrogen and oxygen atoms in total. The standard InChI is InChI=1S/C21H25N3O3S/c1-3-27-17-5-7-18(8-6-17)28(25,26)24-12-10-16(11-13-24)21-22-19-9-4-15(2)14-20(19)23-21/h4-9,14,16H,3,10-13H2,1-2H3,(H,22,23). The molecule has 2 aromatic carbocycles. The fourth-order valence-corrected chi connectivity index (χ4v) is 5.20. The van der Waals surface area contributed by atoms with E-state index in [1.807, 2.05) is 13.0 Å². The number of benzene rings is 2. The molecule has 4 rings (SSSR count). The Morgan fingerprint density at radius 2 is 1.86 bits per heavy atom. The van der Waals surface area contributed by atoms with E-state index < -0.39 is 10.0 Å². The Balaban J connectivity index is 1.46. The molecule has 1 aliphatic rings. The fourth-order valence-electron chi connectivity index (χ4n) is 3.73. The molecule has 1 fully saturated rings. The Kier molecular flexibility index (Phi) is 5.12. The molecule has 148 valence electrons.